The number of hydrazone groups is 1. The summed E-state index contributed by atoms with van der Waals surface area (Å²) in [5.74, 6) is 1.00. The molecular formula is C16H15BrN2O3. The summed E-state index contributed by atoms with van der Waals surface area (Å²) in [6.45, 7) is 0. The van der Waals surface area contributed by atoms with Gasteiger partial charge in [-0.2, -0.15) is 5.10 Å². The van der Waals surface area contributed by atoms with Crippen LogP contribution in [0.4, 0.5) is 0 Å². The monoisotopic (exact) mass is 362 g/mol. The molecule has 0 radical (unpaired) electrons. The first-order valence-electron chi connectivity index (χ1n) is 6.45. The molecule has 0 bridgehead atoms. The van der Waals surface area contributed by atoms with E-state index < -0.39 is 0 Å². The Hall–Kier alpha value is -2.34. The first-order chi connectivity index (χ1) is 10.7. The Morgan fingerprint density at radius 1 is 1.18 bits per heavy atom. The molecule has 2 aromatic rings. The summed E-state index contributed by atoms with van der Waals surface area (Å²) >= 11 is 3.33. The van der Waals surface area contributed by atoms with E-state index in [0.29, 0.717) is 21.5 Å². The van der Waals surface area contributed by atoms with Gasteiger partial charge in [0.1, 0.15) is 11.5 Å². The lowest BCUT2D eigenvalue weighted by Crippen LogP contribution is -2.18. The average molecular weight is 363 g/mol. The van der Waals surface area contributed by atoms with Gasteiger partial charge in [-0.25, -0.2) is 5.43 Å². The van der Waals surface area contributed by atoms with Gasteiger partial charge in [-0.05, 0) is 40.2 Å². The van der Waals surface area contributed by atoms with Gasteiger partial charge in [0.2, 0.25) is 0 Å². The van der Waals surface area contributed by atoms with Crippen LogP contribution in [0.25, 0.3) is 0 Å². The molecule has 0 aliphatic heterocycles. The van der Waals surface area contributed by atoms with Gasteiger partial charge < -0.3 is 9.47 Å². The van der Waals surface area contributed by atoms with Crippen LogP contribution in [0.1, 0.15) is 15.9 Å². The van der Waals surface area contributed by atoms with Crippen molar-refractivity contribution in [2.45, 2.75) is 0 Å². The van der Waals surface area contributed by atoms with Crippen LogP contribution in [0.15, 0.2) is 52.0 Å². The molecule has 0 saturated heterocycles. The summed E-state index contributed by atoms with van der Waals surface area (Å²) in [6, 6.07) is 12.5. The van der Waals surface area contributed by atoms with E-state index >= 15 is 0 Å². The SMILES string of the molecule is COc1ccc(/C=N\NC(=O)c2ccccc2Br)c(OC)c1. The third kappa shape index (κ3) is 3.85. The molecule has 5 nitrogen and oxygen atoms in total. The maximum absolute atomic E-state index is 12.0. The summed E-state index contributed by atoms with van der Waals surface area (Å²) in [5, 5.41) is 3.96. The molecular weight excluding hydrogens is 348 g/mol. The summed E-state index contributed by atoms with van der Waals surface area (Å²) in [5.41, 5.74) is 3.73. The standard InChI is InChI=1S/C16H15BrN2O3/c1-21-12-8-7-11(15(9-12)22-2)10-18-19-16(20)13-5-3-4-6-14(13)17/h3-10H,1-2H3,(H,19,20)/b18-10-. The van der Waals surface area contributed by atoms with Crippen LogP contribution in [0.2, 0.25) is 0 Å². The maximum atomic E-state index is 12.0. The minimum absolute atomic E-state index is 0.295. The lowest BCUT2D eigenvalue weighted by molar-refractivity contribution is 0.0954. The van der Waals surface area contributed by atoms with E-state index in [1.807, 2.05) is 6.07 Å². The number of carbonyl (C=O) groups excluding carboxylic acids is 1. The molecule has 2 rings (SSSR count). The number of hydrogen-bond acceptors (Lipinski definition) is 4. The van der Waals surface area contributed by atoms with Crippen LogP contribution >= 0.6 is 15.9 Å². The van der Waals surface area contributed by atoms with Crippen molar-refractivity contribution in [2.24, 2.45) is 5.10 Å². The normalized spacial score (nSPS) is 10.5. The van der Waals surface area contributed by atoms with Crippen LogP contribution in [-0.4, -0.2) is 26.3 Å². The quantitative estimate of drug-likeness (QED) is 0.656. The summed E-state index contributed by atoms with van der Waals surface area (Å²) in [7, 11) is 3.15. The van der Waals surface area contributed by atoms with Crippen molar-refractivity contribution in [1.82, 2.24) is 5.43 Å². The molecule has 22 heavy (non-hydrogen) atoms. The van der Waals surface area contributed by atoms with Gasteiger partial charge in [0, 0.05) is 16.1 Å². The van der Waals surface area contributed by atoms with Crippen molar-refractivity contribution in [3.05, 3.63) is 58.1 Å². The molecule has 0 fully saturated rings. The summed E-state index contributed by atoms with van der Waals surface area (Å²) < 4.78 is 11.1. The minimum atomic E-state index is -0.295. The van der Waals surface area contributed by atoms with Gasteiger partial charge in [0.15, 0.2) is 0 Å². The van der Waals surface area contributed by atoms with Crippen LogP contribution < -0.4 is 14.9 Å². The Kier molecular flexibility index (Phi) is 5.55. The summed E-state index contributed by atoms with van der Waals surface area (Å²) in [6.07, 6.45) is 1.52. The van der Waals surface area contributed by atoms with Crippen LogP contribution in [-0.2, 0) is 0 Å². The fourth-order valence-electron chi connectivity index (χ4n) is 1.79. The number of nitrogens with one attached hydrogen (secondary N) is 1. The molecule has 0 aromatic heterocycles. The molecule has 114 valence electrons. The molecule has 6 heteroatoms. The van der Waals surface area contributed by atoms with Crippen LogP contribution in [0.3, 0.4) is 0 Å². The van der Waals surface area contributed by atoms with Gasteiger partial charge in [-0.3, -0.25) is 4.79 Å². The largest absolute Gasteiger partial charge is 0.497 e. The van der Waals surface area contributed by atoms with E-state index in [-0.39, 0.29) is 5.91 Å². The highest BCUT2D eigenvalue weighted by Gasteiger charge is 2.08. The predicted octanol–water partition coefficient (Wildman–Crippen LogP) is 3.23. The number of ether oxygens (including phenoxy) is 2. The number of hydrogen-bond donors (Lipinski definition) is 1. The Labute approximate surface area is 137 Å². The van der Waals surface area contributed by atoms with Crippen LogP contribution in [0, 0.1) is 0 Å². The van der Waals surface area contributed by atoms with Gasteiger partial charge in [-0.1, -0.05) is 12.1 Å². The van der Waals surface area contributed by atoms with Gasteiger partial charge in [-0.15, -0.1) is 0 Å². The predicted molar refractivity (Wildman–Crippen MR) is 88.7 cm³/mol. The molecule has 0 atom stereocenters. The molecule has 0 spiro atoms. The lowest BCUT2D eigenvalue weighted by Gasteiger charge is -2.07. The maximum Gasteiger partial charge on any atom is 0.272 e. The number of amides is 1. The van der Waals surface area contributed by atoms with Crippen molar-refractivity contribution in [2.75, 3.05) is 14.2 Å². The minimum Gasteiger partial charge on any atom is -0.497 e. The van der Waals surface area contributed by atoms with E-state index in [1.54, 1.807) is 50.6 Å². The fraction of sp³-hybridized carbons (Fsp3) is 0.125. The second kappa shape index (κ2) is 7.61. The molecule has 1 N–H and O–H groups in total. The number of benzene rings is 2. The van der Waals surface area contributed by atoms with Gasteiger partial charge in [0.05, 0.1) is 26.0 Å². The van der Waals surface area contributed by atoms with Crippen molar-refractivity contribution < 1.29 is 14.3 Å². The van der Waals surface area contributed by atoms with Crippen molar-refractivity contribution in [3.63, 3.8) is 0 Å². The number of halogens is 1. The Morgan fingerprint density at radius 3 is 2.64 bits per heavy atom. The highest BCUT2D eigenvalue weighted by molar-refractivity contribution is 9.10. The lowest BCUT2D eigenvalue weighted by atomic mass is 10.2. The molecule has 0 unspecified atom stereocenters. The second-order valence-corrected chi connectivity index (χ2v) is 5.14. The highest BCUT2D eigenvalue weighted by Crippen LogP contribution is 2.23. The Bertz CT molecular complexity index is 702. The smallest absolute Gasteiger partial charge is 0.272 e. The molecule has 1 amide bonds. The Balaban J connectivity index is 2.10. The molecule has 2 aromatic carbocycles. The van der Waals surface area contributed by atoms with E-state index in [4.69, 9.17) is 9.47 Å². The zero-order chi connectivity index (χ0) is 15.9. The first-order valence-corrected chi connectivity index (χ1v) is 7.25. The topological polar surface area (TPSA) is 59.9 Å². The average Bonchev–Trinajstić information content (AvgIpc) is 2.55. The highest BCUT2D eigenvalue weighted by atomic mass is 79.9. The number of nitrogens with zero attached hydrogens (tertiary/aromatic N) is 1. The van der Waals surface area contributed by atoms with Gasteiger partial charge in [0.25, 0.3) is 5.91 Å². The van der Waals surface area contributed by atoms with E-state index in [2.05, 4.69) is 26.5 Å². The zero-order valence-corrected chi connectivity index (χ0v) is 13.8. The second-order valence-electron chi connectivity index (χ2n) is 4.29. The van der Waals surface area contributed by atoms with Crippen molar-refractivity contribution in [3.8, 4) is 11.5 Å². The van der Waals surface area contributed by atoms with Crippen LogP contribution in [0.5, 0.6) is 11.5 Å². The Morgan fingerprint density at radius 2 is 1.95 bits per heavy atom. The van der Waals surface area contributed by atoms with Crippen molar-refractivity contribution >= 4 is 28.1 Å². The third-order valence-electron chi connectivity index (χ3n) is 2.93. The van der Waals surface area contributed by atoms with E-state index in [1.165, 1.54) is 6.21 Å². The third-order valence-corrected chi connectivity index (χ3v) is 3.62. The van der Waals surface area contributed by atoms with Crippen molar-refractivity contribution in [1.29, 1.82) is 0 Å². The van der Waals surface area contributed by atoms with E-state index in [0.717, 1.165) is 5.56 Å². The number of rotatable bonds is 5. The number of methoxy groups -OCH3 is 2. The summed E-state index contributed by atoms with van der Waals surface area (Å²) in [4.78, 5) is 12.0. The zero-order valence-electron chi connectivity index (χ0n) is 12.2. The number of carbonyl (C=O) groups is 1. The van der Waals surface area contributed by atoms with E-state index in [9.17, 15) is 4.79 Å². The van der Waals surface area contributed by atoms with Gasteiger partial charge >= 0.3 is 0 Å². The molecule has 0 aliphatic carbocycles. The fourth-order valence-corrected chi connectivity index (χ4v) is 2.26. The molecule has 0 heterocycles. The molecule has 0 aliphatic rings. The molecule has 0 saturated carbocycles. The first kappa shape index (κ1) is 16.0.